The Morgan fingerprint density at radius 3 is 2.14 bits per heavy atom. The van der Waals surface area contributed by atoms with Crippen molar-refractivity contribution in [1.29, 1.82) is 0 Å². The summed E-state index contributed by atoms with van der Waals surface area (Å²) in [5.41, 5.74) is 1.06. The minimum absolute atomic E-state index is 0.497. The summed E-state index contributed by atoms with van der Waals surface area (Å²) in [5, 5.41) is 0.717. The molecule has 0 saturated heterocycles. The number of ether oxygens (including phenoxy) is 2. The van der Waals surface area contributed by atoms with Gasteiger partial charge in [0, 0.05) is 11.4 Å². The van der Waals surface area contributed by atoms with Crippen molar-refractivity contribution >= 4 is 17.9 Å². The van der Waals surface area contributed by atoms with E-state index in [2.05, 4.69) is 0 Å². The van der Waals surface area contributed by atoms with Gasteiger partial charge in [-0.2, -0.15) is 0 Å². The average molecular weight is 305 g/mol. The zero-order valence-corrected chi connectivity index (χ0v) is 12.4. The maximum absolute atomic E-state index is 10.2. The maximum atomic E-state index is 10.2. The second kappa shape index (κ2) is 8.32. The maximum Gasteiger partial charge on any atom is 0.120 e. The zero-order chi connectivity index (χ0) is 14.9. The van der Waals surface area contributed by atoms with Crippen molar-refractivity contribution in [3.8, 4) is 11.5 Å². The van der Waals surface area contributed by atoms with Crippen LogP contribution < -0.4 is 9.47 Å². The first-order chi connectivity index (χ1) is 10.3. The van der Waals surface area contributed by atoms with Crippen LogP contribution in [-0.2, 0) is 11.4 Å². The third-order valence-electron chi connectivity index (χ3n) is 2.88. The van der Waals surface area contributed by atoms with Gasteiger partial charge in [-0.05, 0) is 48.4 Å². The number of aldehydes is 1. The van der Waals surface area contributed by atoms with Crippen molar-refractivity contribution in [2.45, 2.75) is 19.4 Å². The van der Waals surface area contributed by atoms with Crippen molar-refractivity contribution in [2.75, 3.05) is 6.61 Å². The quantitative estimate of drug-likeness (QED) is 0.539. The zero-order valence-electron chi connectivity index (χ0n) is 11.6. The van der Waals surface area contributed by atoms with Crippen LogP contribution in [0.25, 0.3) is 0 Å². The predicted octanol–water partition coefficient (Wildman–Crippen LogP) is 4.28. The molecule has 3 nitrogen and oxygen atoms in total. The molecule has 0 amide bonds. The molecule has 0 unspecified atom stereocenters. The number of hydrogen-bond acceptors (Lipinski definition) is 3. The first-order valence-corrected chi connectivity index (χ1v) is 7.19. The molecule has 110 valence electrons. The van der Waals surface area contributed by atoms with Crippen LogP contribution >= 0.6 is 11.6 Å². The number of rotatable bonds is 8. The van der Waals surface area contributed by atoms with Gasteiger partial charge in [0.1, 0.15) is 24.4 Å². The molecule has 2 aromatic rings. The summed E-state index contributed by atoms with van der Waals surface area (Å²) in [6, 6.07) is 15.0. The SMILES string of the molecule is O=CCCCOc1ccc(OCc2ccc(Cl)cc2)cc1. The first kappa shape index (κ1) is 15.4. The second-order valence-corrected chi connectivity index (χ2v) is 4.98. The van der Waals surface area contributed by atoms with Crippen molar-refractivity contribution in [3.05, 3.63) is 59.1 Å². The largest absolute Gasteiger partial charge is 0.494 e. The molecule has 0 aliphatic rings. The monoisotopic (exact) mass is 304 g/mol. The van der Waals surface area contributed by atoms with Gasteiger partial charge in [0.15, 0.2) is 0 Å². The lowest BCUT2D eigenvalue weighted by Crippen LogP contribution is -1.98. The number of carbonyl (C=O) groups excluding carboxylic acids is 1. The van der Waals surface area contributed by atoms with E-state index in [1.165, 1.54) is 0 Å². The highest BCUT2D eigenvalue weighted by Gasteiger charge is 1.98. The van der Waals surface area contributed by atoms with Gasteiger partial charge in [0.2, 0.25) is 0 Å². The fraction of sp³-hybridized carbons (Fsp3) is 0.235. The van der Waals surface area contributed by atoms with Gasteiger partial charge < -0.3 is 14.3 Å². The summed E-state index contributed by atoms with van der Waals surface area (Å²) in [4.78, 5) is 10.2. The van der Waals surface area contributed by atoms with Gasteiger partial charge in [-0.25, -0.2) is 0 Å². The number of benzene rings is 2. The molecule has 21 heavy (non-hydrogen) atoms. The van der Waals surface area contributed by atoms with Crippen LogP contribution in [0.15, 0.2) is 48.5 Å². The van der Waals surface area contributed by atoms with E-state index in [9.17, 15) is 4.79 Å². The smallest absolute Gasteiger partial charge is 0.120 e. The van der Waals surface area contributed by atoms with Gasteiger partial charge in [0.05, 0.1) is 6.61 Å². The van der Waals surface area contributed by atoms with E-state index in [1.54, 1.807) is 0 Å². The lowest BCUT2D eigenvalue weighted by Gasteiger charge is -2.08. The van der Waals surface area contributed by atoms with E-state index in [1.807, 2.05) is 48.5 Å². The second-order valence-electron chi connectivity index (χ2n) is 4.54. The van der Waals surface area contributed by atoms with E-state index in [4.69, 9.17) is 21.1 Å². The fourth-order valence-electron chi connectivity index (χ4n) is 1.74. The van der Waals surface area contributed by atoms with Gasteiger partial charge in [0.25, 0.3) is 0 Å². The molecule has 0 aliphatic heterocycles. The molecule has 0 spiro atoms. The lowest BCUT2D eigenvalue weighted by atomic mass is 10.2. The average Bonchev–Trinajstić information content (AvgIpc) is 2.52. The highest BCUT2D eigenvalue weighted by molar-refractivity contribution is 6.30. The number of halogens is 1. The Morgan fingerprint density at radius 1 is 0.905 bits per heavy atom. The Labute approximate surface area is 129 Å². The molecule has 0 bridgehead atoms. The van der Waals surface area contributed by atoms with Gasteiger partial charge in [-0.3, -0.25) is 0 Å². The molecule has 2 rings (SSSR count). The molecular formula is C17H17ClO3. The molecule has 0 fully saturated rings. The summed E-state index contributed by atoms with van der Waals surface area (Å²) >= 11 is 5.83. The van der Waals surface area contributed by atoms with E-state index in [0.29, 0.717) is 19.6 Å². The third-order valence-corrected chi connectivity index (χ3v) is 3.13. The predicted molar refractivity (Wildman–Crippen MR) is 83.0 cm³/mol. The Bertz CT molecular complexity index is 549. The van der Waals surface area contributed by atoms with Crippen molar-refractivity contribution in [1.82, 2.24) is 0 Å². The Balaban J connectivity index is 1.79. The minimum Gasteiger partial charge on any atom is -0.494 e. The van der Waals surface area contributed by atoms with Gasteiger partial charge in [-0.1, -0.05) is 23.7 Å². The molecule has 0 N–H and O–H groups in total. The molecule has 4 heteroatoms. The molecule has 0 radical (unpaired) electrons. The van der Waals surface area contributed by atoms with Crippen LogP contribution in [0.5, 0.6) is 11.5 Å². The molecule has 2 aromatic carbocycles. The van der Waals surface area contributed by atoms with Gasteiger partial charge in [-0.15, -0.1) is 0 Å². The van der Waals surface area contributed by atoms with Crippen LogP contribution in [-0.4, -0.2) is 12.9 Å². The number of hydrogen-bond donors (Lipinski definition) is 0. The first-order valence-electron chi connectivity index (χ1n) is 6.81. The highest BCUT2D eigenvalue weighted by atomic mass is 35.5. The van der Waals surface area contributed by atoms with Crippen LogP contribution in [0.3, 0.4) is 0 Å². The topological polar surface area (TPSA) is 35.5 Å². The Kier molecular flexibility index (Phi) is 6.10. The van der Waals surface area contributed by atoms with Crippen LogP contribution in [0.1, 0.15) is 18.4 Å². The standard InChI is InChI=1S/C17H17ClO3/c18-15-5-3-14(4-6-15)13-21-17-9-7-16(8-10-17)20-12-2-1-11-19/h3-11H,1-2,12-13H2. The lowest BCUT2D eigenvalue weighted by molar-refractivity contribution is -0.108. The van der Waals surface area contributed by atoms with E-state index >= 15 is 0 Å². The Morgan fingerprint density at radius 2 is 1.52 bits per heavy atom. The number of carbonyl (C=O) groups is 1. The molecule has 0 atom stereocenters. The van der Waals surface area contributed by atoms with Crippen molar-refractivity contribution in [3.63, 3.8) is 0 Å². The normalized spacial score (nSPS) is 10.1. The van der Waals surface area contributed by atoms with Crippen LogP contribution in [0, 0.1) is 0 Å². The fourth-order valence-corrected chi connectivity index (χ4v) is 1.86. The molecule has 0 heterocycles. The van der Waals surface area contributed by atoms with E-state index in [-0.39, 0.29) is 0 Å². The van der Waals surface area contributed by atoms with E-state index in [0.717, 1.165) is 34.8 Å². The molecule has 0 saturated carbocycles. The van der Waals surface area contributed by atoms with Crippen molar-refractivity contribution < 1.29 is 14.3 Å². The summed E-state index contributed by atoms with van der Waals surface area (Å²) in [5.74, 6) is 1.56. The summed E-state index contributed by atoms with van der Waals surface area (Å²) < 4.78 is 11.2. The molecule has 0 aliphatic carbocycles. The third kappa shape index (κ3) is 5.48. The van der Waals surface area contributed by atoms with E-state index < -0.39 is 0 Å². The number of unbranched alkanes of at least 4 members (excludes halogenated alkanes) is 1. The van der Waals surface area contributed by atoms with Crippen LogP contribution in [0.2, 0.25) is 5.02 Å². The minimum atomic E-state index is 0.497. The Hall–Kier alpha value is -2.00. The summed E-state index contributed by atoms with van der Waals surface area (Å²) in [7, 11) is 0. The summed E-state index contributed by atoms with van der Waals surface area (Å²) in [6.07, 6.45) is 2.16. The van der Waals surface area contributed by atoms with Crippen LogP contribution in [0.4, 0.5) is 0 Å². The molecule has 0 aromatic heterocycles. The highest BCUT2D eigenvalue weighted by Crippen LogP contribution is 2.19. The molecular weight excluding hydrogens is 288 g/mol. The van der Waals surface area contributed by atoms with Crippen molar-refractivity contribution in [2.24, 2.45) is 0 Å². The van der Waals surface area contributed by atoms with Gasteiger partial charge >= 0.3 is 0 Å². The summed E-state index contributed by atoms with van der Waals surface area (Å²) in [6.45, 7) is 1.04.